The van der Waals surface area contributed by atoms with Gasteiger partial charge in [0.15, 0.2) is 0 Å². The number of hydrogen-bond donors (Lipinski definition) is 3. The first-order valence-corrected chi connectivity index (χ1v) is 6.95. The molecule has 8 heteroatoms. The van der Waals surface area contributed by atoms with Gasteiger partial charge in [0, 0.05) is 17.3 Å². The van der Waals surface area contributed by atoms with E-state index >= 15 is 0 Å². The fraction of sp³-hybridized carbons (Fsp3) is 0.308. The fourth-order valence-corrected chi connectivity index (χ4v) is 1.95. The van der Waals surface area contributed by atoms with Gasteiger partial charge < -0.3 is 10.4 Å². The summed E-state index contributed by atoms with van der Waals surface area (Å²) in [5.41, 5.74) is 0.326. The molecule has 1 aromatic carbocycles. The van der Waals surface area contributed by atoms with Crippen LogP contribution in [0.1, 0.15) is 25.7 Å². The highest BCUT2D eigenvalue weighted by molar-refractivity contribution is 9.10. The number of carbonyl (C=O) groups excluding carboxylic acids is 2. The molecule has 0 atom stereocenters. The summed E-state index contributed by atoms with van der Waals surface area (Å²) in [5, 5.41) is 12.9. The topological polar surface area (TPSA) is 95.5 Å². The number of urea groups is 1. The minimum Gasteiger partial charge on any atom is -0.481 e. The van der Waals surface area contributed by atoms with Gasteiger partial charge in [-0.3, -0.25) is 14.9 Å². The van der Waals surface area contributed by atoms with Crippen LogP contribution in [0.2, 0.25) is 0 Å². The summed E-state index contributed by atoms with van der Waals surface area (Å²) >= 11 is 3.08. The molecule has 0 aromatic heterocycles. The molecule has 0 saturated heterocycles. The molecule has 3 N–H and O–H groups in total. The third kappa shape index (κ3) is 6.84. The SMILES string of the molecule is O=C(O)CCCCC(=O)NC(=O)Nc1ccc(F)cc1Br. The van der Waals surface area contributed by atoms with Crippen molar-refractivity contribution < 1.29 is 23.9 Å². The van der Waals surface area contributed by atoms with Gasteiger partial charge >= 0.3 is 12.0 Å². The first-order valence-electron chi connectivity index (χ1n) is 6.16. The summed E-state index contributed by atoms with van der Waals surface area (Å²) in [7, 11) is 0. The summed E-state index contributed by atoms with van der Waals surface area (Å²) in [6.07, 6.45) is 0.798. The zero-order valence-corrected chi connectivity index (χ0v) is 12.6. The maximum Gasteiger partial charge on any atom is 0.325 e. The number of anilines is 1. The van der Waals surface area contributed by atoms with Gasteiger partial charge in [-0.15, -0.1) is 0 Å². The van der Waals surface area contributed by atoms with Crippen LogP contribution in [0.3, 0.4) is 0 Å². The van der Waals surface area contributed by atoms with Crippen LogP contribution in [0.5, 0.6) is 0 Å². The lowest BCUT2D eigenvalue weighted by Gasteiger charge is -2.08. The third-order valence-electron chi connectivity index (χ3n) is 2.48. The molecule has 0 heterocycles. The quantitative estimate of drug-likeness (QED) is 0.679. The highest BCUT2D eigenvalue weighted by Gasteiger charge is 2.10. The van der Waals surface area contributed by atoms with Crippen molar-refractivity contribution in [3.63, 3.8) is 0 Å². The van der Waals surface area contributed by atoms with Gasteiger partial charge in [-0.2, -0.15) is 0 Å². The van der Waals surface area contributed by atoms with Gasteiger partial charge in [0.25, 0.3) is 0 Å². The highest BCUT2D eigenvalue weighted by Crippen LogP contribution is 2.22. The monoisotopic (exact) mass is 360 g/mol. The van der Waals surface area contributed by atoms with Gasteiger partial charge in [0.05, 0.1) is 5.69 Å². The van der Waals surface area contributed by atoms with E-state index in [1.807, 2.05) is 0 Å². The van der Waals surface area contributed by atoms with E-state index in [1.165, 1.54) is 18.2 Å². The van der Waals surface area contributed by atoms with Crippen molar-refractivity contribution in [2.24, 2.45) is 0 Å². The zero-order valence-electron chi connectivity index (χ0n) is 11.0. The molecular weight excluding hydrogens is 347 g/mol. The number of carbonyl (C=O) groups is 3. The van der Waals surface area contributed by atoms with Crippen molar-refractivity contribution in [1.82, 2.24) is 5.32 Å². The second kappa shape index (κ2) is 8.35. The number of benzene rings is 1. The average Bonchev–Trinajstić information content (AvgIpc) is 2.38. The van der Waals surface area contributed by atoms with E-state index < -0.39 is 23.7 Å². The summed E-state index contributed by atoms with van der Waals surface area (Å²) < 4.78 is 13.2. The normalized spacial score (nSPS) is 10.0. The summed E-state index contributed by atoms with van der Waals surface area (Å²) in [5.74, 6) is -1.88. The van der Waals surface area contributed by atoms with Gasteiger partial charge in [-0.25, -0.2) is 9.18 Å². The van der Waals surface area contributed by atoms with E-state index in [1.54, 1.807) is 0 Å². The number of carboxylic acid groups (broad SMARTS) is 1. The van der Waals surface area contributed by atoms with Crippen molar-refractivity contribution in [3.05, 3.63) is 28.5 Å². The van der Waals surface area contributed by atoms with Crippen molar-refractivity contribution in [2.75, 3.05) is 5.32 Å². The van der Waals surface area contributed by atoms with Crippen molar-refractivity contribution >= 4 is 39.5 Å². The molecule has 0 fully saturated rings. The molecule has 0 spiro atoms. The van der Waals surface area contributed by atoms with Crippen LogP contribution in [0.15, 0.2) is 22.7 Å². The fourth-order valence-electron chi connectivity index (χ4n) is 1.50. The summed E-state index contributed by atoms with van der Waals surface area (Å²) in [6.45, 7) is 0. The molecule has 1 rings (SSSR count). The Bertz CT molecular complexity index is 551. The Hall–Kier alpha value is -1.96. The van der Waals surface area contributed by atoms with Crippen LogP contribution in [0, 0.1) is 5.82 Å². The van der Waals surface area contributed by atoms with Crippen LogP contribution >= 0.6 is 15.9 Å². The van der Waals surface area contributed by atoms with E-state index in [2.05, 4.69) is 26.6 Å². The van der Waals surface area contributed by atoms with Gasteiger partial charge in [0.1, 0.15) is 5.82 Å². The van der Waals surface area contributed by atoms with Crippen molar-refractivity contribution in [3.8, 4) is 0 Å². The minimum absolute atomic E-state index is 0.0119. The van der Waals surface area contributed by atoms with E-state index in [0.717, 1.165) is 0 Å². The van der Waals surface area contributed by atoms with Gasteiger partial charge in [-0.1, -0.05) is 0 Å². The number of nitrogens with one attached hydrogen (secondary N) is 2. The Morgan fingerprint density at radius 1 is 1.19 bits per heavy atom. The Morgan fingerprint density at radius 3 is 2.48 bits per heavy atom. The molecule has 0 aliphatic carbocycles. The van der Waals surface area contributed by atoms with E-state index in [4.69, 9.17) is 5.11 Å². The maximum atomic E-state index is 12.9. The number of unbranched alkanes of at least 4 members (excludes halogenated alkanes) is 1. The molecule has 21 heavy (non-hydrogen) atoms. The predicted octanol–water partition coefficient (Wildman–Crippen LogP) is 2.88. The van der Waals surface area contributed by atoms with Crippen molar-refractivity contribution in [1.29, 1.82) is 0 Å². The standard InChI is InChI=1S/C13H14BrFN2O4/c14-9-7-8(15)5-6-10(9)16-13(21)17-11(18)3-1-2-4-12(19)20/h5-7H,1-4H2,(H,19,20)(H2,16,17,18,21). The minimum atomic E-state index is -0.922. The van der Waals surface area contributed by atoms with Crippen molar-refractivity contribution in [2.45, 2.75) is 25.7 Å². The Morgan fingerprint density at radius 2 is 1.86 bits per heavy atom. The number of imide groups is 1. The van der Waals surface area contributed by atoms with E-state index in [9.17, 15) is 18.8 Å². The number of rotatable bonds is 6. The van der Waals surface area contributed by atoms with E-state index in [0.29, 0.717) is 23.0 Å². The molecule has 0 aliphatic heterocycles. The number of hydrogen-bond acceptors (Lipinski definition) is 3. The van der Waals surface area contributed by atoms with Crippen LogP contribution < -0.4 is 10.6 Å². The molecule has 0 saturated carbocycles. The molecule has 114 valence electrons. The van der Waals surface area contributed by atoms with Gasteiger partial charge in [-0.05, 0) is 47.0 Å². The molecular formula is C13H14BrFN2O4. The number of halogens is 2. The van der Waals surface area contributed by atoms with E-state index in [-0.39, 0.29) is 12.8 Å². The molecule has 0 unspecified atom stereocenters. The lowest BCUT2D eigenvalue weighted by molar-refractivity contribution is -0.137. The molecule has 1 aromatic rings. The largest absolute Gasteiger partial charge is 0.481 e. The molecule has 3 amide bonds. The highest BCUT2D eigenvalue weighted by atomic mass is 79.9. The molecule has 0 bridgehead atoms. The maximum absolute atomic E-state index is 12.9. The first kappa shape index (κ1) is 17.1. The Labute approximate surface area is 128 Å². The third-order valence-corrected chi connectivity index (χ3v) is 3.13. The van der Waals surface area contributed by atoms with Crippen LogP contribution in [0.25, 0.3) is 0 Å². The first-order chi connectivity index (χ1) is 9.88. The molecule has 6 nitrogen and oxygen atoms in total. The lowest BCUT2D eigenvalue weighted by Crippen LogP contribution is -2.34. The predicted molar refractivity (Wildman–Crippen MR) is 77.4 cm³/mol. The Kier molecular flexibility index (Phi) is 6.80. The van der Waals surface area contributed by atoms with Gasteiger partial charge in [0.2, 0.25) is 5.91 Å². The number of amides is 3. The average molecular weight is 361 g/mol. The number of carboxylic acids is 1. The summed E-state index contributed by atoms with van der Waals surface area (Å²) in [4.78, 5) is 33.3. The second-order valence-corrected chi connectivity index (χ2v) is 5.08. The second-order valence-electron chi connectivity index (χ2n) is 4.23. The van der Waals surface area contributed by atoms with Crippen LogP contribution in [-0.2, 0) is 9.59 Å². The molecule has 0 aliphatic rings. The molecule has 0 radical (unpaired) electrons. The smallest absolute Gasteiger partial charge is 0.325 e. The lowest BCUT2D eigenvalue weighted by atomic mass is 10.2. The zero-order chi connectivity index (χ0) is 15.8. The van der Waals surface area contributed by atoms with Crippen LogP contribution in [-0.4, -0.2) is 23.0 Å². The van der Waals surface area contributed by atoms with Crippen LogP contribution in [0.4, 0.5) is 14.9 Å². The number of aliphatic carboxylic acids is 1. The summed E-state index contributed by atoms with van der Waals surface area (Å²) in [6, 6.07) is 2.99. The Balaban J connectivity index is 2.36.